The van der Waals surface area contributed by atoms with E-state index in [-0.39, 0.29) is 11.1 Å². The van der Waals surface area contributed by atoms with E-state index in [1.165, 1.54) is 24.3 Å². The van der Waals surface area contributed by atoms with Crippen LogP contribution in [0.25, 0.3) is 11.4 Å². The van der Waals surface area contributed by atoms with Crippen LogP contribution in [0.2, 0.25) is 0 Å². The summed E-state index contributed by atoms with van der Waals surface area (Å²) in [7, 11) is 0. The lowest BCUT2D eigenvalue weighted by atomic mass is 10.2. The van der Waals surface area contributed by atoms with Crippen molar-refractivity contribution in [3.05, 3.63) is 120 Å². The molecule has 4 rings (SSSR count). The number of aliphatic imine (C=N–C) groups is 2. The Kier molecular flexibility index (Phi) is 10.0. The van der Waals surface area contributed by atoms with Crippen molar-refractivity contribution in [2.24, 2.45) is 21.5 Å². The maximum absolute atomic E-state index is 12.5. The first-order valence-electron chi connectivity index (χ1n) is 12.9. The molecule has 0 atom stereocenters. The molecule has 0 radical (unpaired) electrons. The molecule has 16 heteroatoms. The Morgan fingerprint density at radius 3 is 1.48 bits per heavy atom. The molecular formula is C30H22N10O6. The van der Waals surface area contributed by atoms with Crippen molar-refractivity contribution in [3.63, 3.8) is 0 Å². The molecule has 2 amide bonds. The molecule has 6 N–H and O–H groups in total. The molecule has 0 spiro atoms. The fourth-order valence-corrected chi connectivity index (χ4v) is 3.77. The molecule has 0 saturated heterocycles. The van der Waals surface area contributed by atoms with Crippen LogP contribution in [0.4, 0.5) is 0 Å². The third-order valence-corrected chi connectivity index (χ3v) is 5.78. The summed E-state index contributed by atoms with van der Waals surface area (Å²) in [6.45, 7) is 0. The molecule has 2 aromatic carbocycles. The number of aromatic nitrogens is 2. The standard InChI is InChI=1S/C30H22N10O6/c31-17-23-9-3-13-39(23)21-7-1-5-19(15-21)27(43)35-29(33)37-45-25(41)11-12-26(42)46-38-30(34)36-28(44)20-6-2-8-22(16-20)40-14-4-10-24(40)18-32/h1-16H,(H3,33,35,37,43)(H3,34,36,38,44)/b12-11+. The first-order chi connectivity index (χ1) is 22.2. The summed E-state index contributed by atoms with van der Waals surface area (Å²) in [5, 5.41) is 18.4. The molecule has 2 heterocycles. The SMILES string of the molecule is N#Cc1cccn1-c1cccc(C(=O)N=C(N)NOC(=O)/C=C/C(=O)ONC(N)=NC(=O)c2cccc(-n3cccc3C#N)c2)c1. The zero-order valence-corrected chi connectivity index (χ0v) is 23.5. The van der Waals surface area contributed by atoms with Gasteiger partial charge in [-0.3, -0.25) is 9.59 Å². The van der Waals surface area contributed by atoms with Gasteiger partial charge in [0.2, 0.25) is 11.9 Å². The third-order valence-electron chi connectivity index (χ3n) is 5.78. The Morgan fingerprint density at radius 1 is 0.674 bits per heavy atom. The molecular weight excluding hydrogens is 596 g/mol. The number of carbonyl (C=O) groups excluding carboxylic acids is 4. The Morgan fingerprint density at radius 2 is 1.09 bits per heavy atom. The van der Waals surface area contributed by atoms with Gasteiger partial charge in [-0.2, -0.15) is 31.5 Å². The molecule has 2 aromatic heterocycles. The summed E-state index contributed by atoms with van der Waals surface area (Å²) in [6, 6.07) is 23.2. The lowest BCUT2D eigenvalue weighted by Gasteiger charge is -2.07. The van der Waals surface area contributed by atoms with Gasteiger partial charge in [0.05, 0.1) is 0 Å². The van der Waals surface area contributed by atoms with Crippen molar-refractivity contribution >= 4 is 35.7 Å². The Labute approximate surface area is 260 Å². The van der Waals surface area contributed by atoms with E-state index in [0.29, 0.717) is 34.9 Å². The molecule has 0 unspecified atom stereocenters. The van der Waals surface area contributed by atoms with Gasteiger partial charge in [0.25, 0.3) is 11.8 Å². The van der Waals surface area contributed by atoms with Crippen LogP contribution >= 0.6 is 0 Å². The molecule has 0 aliphatic rings. The molecule has 16 nitrogen and oxygen atoms in total. The number of benzene rings is 2. The van der Waals surface area contributed by atoms with E-state index in [1.54, 1.807) is 70.1 Å². The van der Waals surface area contributed by atoms with Crippen molar-refractivity contribution in [2.45, 2.75) is 0 Å². The highest BCUT2D eigenvalue weighted by Gasteiger charge is 2.11. The number of rotatable bonds is 6. The van der Waals surface area contributed by atoms with Crippen LogP contribution in [0.15, 0.2) is 107 Å². The quantitative estimate of drug-likeness (QED) is 0.103. The lowest BCUT2D eigenvalue weighted by molar-refractivity contribution is -0.144. The second-order valence-electron chi connectivity index (χ2n) is 8.84. The van der Waals surface area contributed by atoms with Crippen molar-refractivity contribution < 1.29 is 28.9 Å². The van der Waals surface area contributed by atoms with Gasteiger partial charge in [-0.15, -0.1) is 0 Å². The fraction of sp³-hybridized carbons (Fsp3) is 0. The van der Waals surface area contributed by atoms with Crippen molar-refractivity contribution in [1.82, 2.24) is 20.1 Å². The normalized spacial score (nSPS) is 11.3. The number of amides is 2. The molecule has 0 aliphatic heterocycles. The van der Waals surface area contributed by atoms with E-state index in [2.05, 4.69) is 19.7 Å². The molecule has 228 valence electrons. The van der Waals surface area contributed by atoms with E-state index >= 15 is 0 Å². The van der Waals surface area contributed by atoms with Crippen LogP contribution in [-0.4, -0.2) is 44.8 Å². The van der Waals surface area contributed by atoms with Crippen LogP contribution in [0.5, 0.6) is 0 Å². The van der Waals surface area contributed by atoms with Crippen LogP contribution < -0.4 is 22.4 Å². The summed E-state index contributed by atoms with van der Waals surface area (Å²) in [4.78, 5) is 65.2. The predicted octanol–water partition coefficient (Wildman–Crippen LogP) is 1.27. The Balaban J connectivity index is 1.24. The minimum atomic E-state index is -1.11. The number of carbonyl (C=O) groups is 4. The van der Waals surface area contributed by atoms with Gasteiger partial charge < -0.3 is 30.3 Å². The summed E-state index contributed by atoms with van der Waals surface area (Å²) in [6.07, 6.45) is 4.65. The number of guanidine groups is 2. The highest BCUT2D eigenvalue weighted by atomic mass is 16.7. The van der Waals surface area contributed by atoms with Crippen LogP contribution in [0.3, 0.4) is 0 Å². The molecule has 0 fully saturated rings. The second kappa shape index (κ2) is 14.6. The van der Waals surface area contributed by atoms with Gasteiger partial charge >= 0.3 is 11.9 Å². The van der Waals surface area contributed by atoms with Gasteiger partial charge in [0.1, 0.15) is 23.5 Å². The minimum absolute atomic E-state index is 0.144. The van der Waals surface area contributed by atoms with Gasteiger partial charge in [-0.25, -0.2) is 9.59 Å². The number of hydrogen-bond acceptors (Lipinski definition) is 8. The Bertz CT molecular complexity index is 1850. The number of nitrogens with zero attached hydrogens (tertiary/aromatic N) is 6. The van der Waals surface area contributed by atoms with Crippen LogP contribution in [0.1, 0.15) is 32.1 Å². The monoisotopic (exact) mass is 618 g/mol. The van der Waals surface area contributed by atoms with E-state index in [4.69, 9.17) is 11.5 Å². The molecule has 0 aliphatic carbocycles. The largest absolute Gasteiger partial charge is 0.367 e. The number of nitriles is 2. The zero-order valence-electron chi connectivity index (χ0n) is 23.5. The smallest absolute Gasteiger partial charge is 0.356 e. The topological polar surface area (TPSA) is 245 Å². The first-order valence-corrected chi connectivity index (χ1v) is 12.9. The van der Waals surface area contributed by atoms with Crippen molar-refractivity contribution in [2.75, 3.05) is 0 Å². The maximum atomic E-state index is 12.5. The van der Waals surface area contributed by atoms with Crippen molar-refractivity contribution in [1.29, 1.82) is 10.5 Å². The molecule has 0 saturated carbocycles. The number of nitrogens with one attached hydrogen (secondary N) is 2. The second-order valence-corrected chi connectivity index (χ2v) is 8.84. The van der Waals surface area contributed by atoms with Gasteiger partial charge in [0, 0.05) is 47.0 Å². The van der Waals surface area contributed by atoms with E-state index < -0.39 is 35.7 Å². The van der Waals surface area contributed by atoms with Crippen LogP contribution in [-0.2, 0) is 19.3 Å². The van der Waals surface area contributed by atoms with Crippen LogP contribution in [0, 0.1) is 22.7 Å². The lowest BCUT2D eigenvalue weighted by Crippen LogP contribution is -2.35. The first kappa shape index (κ1) is 31.5. The predicted molar refractivity (Wildman–Crippen MR) is 160 cm³/mol. The zero-order chi connectivity index (χ0) is 33.1. The summed E-state index contributed by atoms with van der Waals surface area (Å²) >= 11 is 0. The van der Waals surface area contributed by atoms with Gasteiger partial charge in [0.15, 0.2) is 0 Å². The molecule has 4 aromatic rings. The highest BCUT2D eigenvalue weighted by Crippen LogP contribution is 2.16. The fourth-order valence-electron chi connectivity index (χ4n) is 3.77. The highest BCUT2D eigenvalue weighted by molar-refractivity contribution is 6.03. The Hall–Kier alpha value is -7.46. The van der Waals surface area contributed by atoms with E-state index in [9.17, 15) is 29.7 Å². The van der Waals surface area contributed by atoms with Crippen molar-refractivity contribution in [3.8, 4) is 23.5 Å². The van der Waals surface area contributed by atoms with Gasteiger partial charge in [-0.05, 0) is 60.7 Å². The summed E-state index contributed by atoms with van der Waals surface area (Å²) in [5.41, 5.74) is 17.2. The molecule has 0 bridgehead atoms. The molecule has 46 heavy (non-hydrogen) atoms. The number of nitrogens with two attached hydrogens (primary N) is 2. The minimum Gasteiger partial charge on any atom is -0.367 e. The number of hydroxylamine groups is 2. The van der Waals surface area contributed by atoms with Gasteiger partial charge in [-0.1, -0.05) is 12.1 Å². The van der Waals surface area contributed by atoms with E-state index in [0.717, 1.165) is 0 Å². The summed E-state index contributed by atoms with van der Waals surface area (Å²) in [5.74, 6) is -4.87. The third kappa shape index (κ3) is 8.09. The average Bonchev–Trinajstić information content (AvgIpc) is 3.75. The van der Waals surface area contributed by atoms with E-state index in [1.807, 2.05) is 23.1 Å². The average molecular weight is 619 g/mol. The summed E-state index contributed by atoms with van der Waals surface area (Å²) < 4.78 is 3.16. The number of hydrogen-bond donors (Lipinski definition) is 4. The maximum Gasteiger partial charge on any atom is 0.356 e.